The van der Waals surface area contributed by atoms with Gasteiger partial charge in [0.2, 0.25) is 5.76 Å². The average molecular weight is 323 g/mol. The van der Waals surface area contributed by atoms with Crippen molar-refractivity contribution in [2.24, 2.45) is 0 Å². The van der Waals surface area contributed by atoms with Crippen LogP contribution in [0.2, 0.25) is 0 Å². The summed E-state index contributed by atoms with van der Waals surface area (Å²) in [5.41, 5.74) is 1.11. The molecular formula is C14H15BrN2O2. The summed E-state index contributed by atoms with van der Waals surface area (Å²) < 4.78 is 5.11. The highest BCUT2D eigenvalue weighted by molar-refractivity contribution is 9.09. The number of carbonyl (C=O) groups is 1. The quantitative estimate of drug-likeness (QED) is 0.880. The van der Waals surface area contributed by atoms with Gasteiger partial charge in [-0.3, -0.25) is 4.79 Å². The third kappa shape index (κ3) is 2.87. The van der Waals surface area contributed by atoms with Gasteiger partial charge < -0.3 is 9.73 Å². The Labute approximate surface area is 120 Å². The second kappa shape index (κ2) is 5.57. The van der Waals surface area contributed by atoms with Gasteiger partial charge >= 0.3 is 0 Å². The summed E-state index contributed by atoms with van der Waals surface area (Å²) >= 11 is 3.46. The molecule has 0 aliphatic heterocycles. The normalized spacial score (nSPS) is 13.8. The molecule has 1 aromatic heterocycles. The molecule has 0 bridgehead atoms. The van der Waals surface area contributed by atoms with E-state index < -0.39 is 5.54 Å². The molecule has 1 aromatic carbocycles. The molecule has 2 rings (SSSR count). The Kier molecular flexibility index (Phi) is 4.04. The first-order chi connectivity index (χ1) is 9.07. The van der Waals surface area contributed by atoms with Crippen molar-refractivity contribution in [3.8, 4) is 0 Å². The Morgan fingerprint density at radius 3 is 2.63 bits per heavy atom. The summed E-state index contributed by atoms with van der Waals surface area (Å²) in [6.45, 7) is 3.70. The Hall–Kier alpha value is -1.62. The molecule has 100 valence electrons. The van der Waals surface area contributed by atoms with Crippen molar-refractivity contribution in [3.05, 3.63) is 53.7 Å². The third-order valence-corrected chi connectivity index (χ3v) is 4.14. The minimum Gasteiger partial charge on any atom is -0.438 e. The summed E-state index contributed by atoms with van der Waals surface area (Å²) in [6.07, 6.45) is 1.28. The van der Waals surface area contributed by atoms with E-state index in [0.29, 0.717) is 11.0 Å². The lowest BCUT2D eigenvalue weighted by Crippen LogP contribution is -2.45. The fourth-order valence-corrected chi connectivity index (χ4v) is 2.28. The second-order valence-corrected chi connectivity index (χ2v) is 5.11. The van der Waals surface area contributed by atoms with Crippen LogP contribution in [0, 0.1) is 6.92 Å². The van der Waals surface area contributed by atoms with Gasteiger partial charge in [-0.1, -0.05) is 46.3 Å². The molecule has 1 amide bonds. The molecule has 19 heavy (non-hydrogen) atoms. The standard InChI is InChI=1S/C14H15BrN2O2/c1-10-12(19-9-16-10)13(18)17-14(2,8-15)11-6-4-3-5-7-11/h3-7,9H,8H2,1-2H3,(H,17,18). The molecule has 0 aliphatic rings. The van der Waals surface area contributed by atoms with Gasteiger partial charge in [0.05, 0.1) is 11.2 Å². The summed E-state index contributed by atoms with van der Waals surface area (Å²) in [5.74, 6) is -0.0103. The summed E-state index contributed by atoms with van der Waals surface area (Å²) in [7, 11) is 0. The molecule has 0 aliphatic carbocycles. The number of oxazole rings is 1. The molecule has 4 nitrogen and oxygen atoms in total. The van der Waals surface area contributed by atoms with E-state index in [4.69, 9.17) is 4.42 Å². The predicted octanol–water partition coefficient (Wildman–Crippen LogP) is 3.02. The Morgan fingerprint density at radius 1 is 1.42 bits per heavy atom. The van der Waals surface area contributed by atoms with Crippen LogP contribution in [0.5, 0.6) is 0 Å². The number of alkyl halides is 1. The number of amides is 1. The molecule has 5 heteroatoms. The molecule has 0 saturated carbocycles. The number of aryl methyl sites for hydroxylation is 1. The average Bonchev–Trinajstić information content (AvgIpc) is 2.86. The first-order valence-corrected chi connectivity index (χ1v) is 7.03. The fourth-order valence-electron chi connectivity index (χ4n) is 1.82. The number of rotatable bonds is 4. The molecule has 1 unspecified atom stereocenters. The number of halogens is 1. The maximum absolute atomic E-state index is 12.2. The molecule has 0 fully saturated rings. The SMILES string of the molecule is Cc1ncoc1C(=O)NC(C)(CBr)c1ccccc1. The van der Waals surface area contributed by atoms with Crippen molar-refractivity contribution in [2.75, 3.05) is 5.33 Å². The van der Waals surface area contributed by atoms with Gasteiger partial charge in [0.25, 0.3) is 5.91 Å². The minimum atomic E-state index is -0.502. The maximum Gasteiger partial charge on any atom is 0.289 e. The highest BCUT2D eigenvalue weighted by Crippen LogP contribution is 2.23. The van der Waals surface area contributed by atoms with E-state index in [0.717, 1.165) is 5.56 Å². The van der Waals surface area contributed by atoms with Gasteiger partial charge in [-0.05, 0) is 19.4 Å². The third-order valence-electron chi connectivity index (χ3n) is 3.02. The number of carbonyl (C=O) groups excluding carboxylic acids is 1. The van der Waals surface area contributed by atoms with Gasteiger partial charge in [0.1, 0.15) is 0 Å². The van der Waals surface area contributed by atoms with Gasteiger partial charge in [-0.15, -0.1) is 0 Å². The maximum atomic E-state index is 12.2. The van der Waals surface area contributed by atoms with E-state index in [1.165, 1.54) is 6.39 Å². The molecule has 1 N–H and O–H groups in total. The number of hydrogen-bond acceptors (Lipinski definition) is 3. The molecule has 0 radical (unpaired) electrons. The van der Waals surface area contributed by atoms with Gasteiger partial charge in [0, 0.05) is 5.33 Å². The highest BCUT2D eigenvalue weighted by Gasteiger charge is 2.29. The van der Waals surface area contributed by atoms with Crippen molar-refractivity contribution < 1.29 is 9.21 Å². The first-order valence-electron chi connectivity index (χ1n) is 5.91. The summed E-state index contributed by atoms with van der Waals surface area (Å²) in [5, 5.41) is 3.58. The summed E-state index contributed by atoms with van der Waals surface area (Å²) in [6, 6.07) is 9.80. The van der Waals surface area contributed by atoms with Crippen LogP contribution in [0.3, 0.4) is 0 Å². The van der Waals surface area contributed by atoms with E-state index in [1.807, 2.05) is 37.3 Å². The lowest BCUT2D eigenvalue weighted by atomic mass is 9.94. The number of nitrogens with zero attached hydrogens (tertiary/aromatic N) is 1. The van der Waals surface area contributed by atoms with Gasteiger partial charge in [-0.2, -0.15) is 0 Å². The molecule has 0 saturated heterocycles. The lowest BCUT2D eigenvalue weighted by molar-refractivity contribution is 0.0884. The van der Waals surface area contributed by atoms with Crippen LogP contribution in [0.4, 0.5) is 0 Å². The molecule has 1 atom stereocenters. The van der Waals surface area contributed by atoms with Crippen LogP contribution < -0.4 is 5.32 Å². The fraction of sp³-hybridized carbons (Fsp3) is 0.286. The van der Waals surface area contributed by atoms with Crippen molar-refractivity contribution >= 4 is 21.8 Å². The van der Waals surface area contributed by atoms with Crippen molar-refractivity contribution in [3.63, 3.8) is 0 Å². The number of aromatic nitrogens is 1. The monoisotopic (exact) mass is 322 g/mol. The van der Waals surface area contributed by atoms with Crippen molar-refractivity contribution in [1.82, 2.24) is 10.3 Å². The van der Waals surface area contributed by atoms with Crippen molar-refractivity contribution in [1.29, 1.82) is 0 Å². The highest BCUT2D eigenvalue weighted by atomic mass is 79.9. The van der Waals surface area contributed by atoms with E-state index >= 15 is 0 Å². The van der Waals surface area contributed by atoms with Crippen LogP contribution >= 0.6 is 15.9 Å². The van der Waals surface area contributed by atoms with Crippen LogP contribution in [-0.2, 0) is 5.54 Å². The van der Waals surface area contributed by atoms with Gasteiger partial charge in [-0.25, -0.2) is 4.98 Å². The Balaban J connectivity index is 2.25. The lowest BCUT2D eigenvalue weighted by Gasteiger charge is -2.29. The second-order valence-electron chi connectivity index (χ2n) is 4.55. The minimum absolute atomic E-state index is 0.253. The zero-order valence-corrected chi connectivity index (χ0v) is 12.4. The van der Waals surface area contributed by atoms with E-state index in [1.54, 1.807) is 6.92 Å². The largest absolute Gasteiger partial charge is 0.438 e. The number of benzene rings is 1. The smallest absolute Gasteiger partial charge is 0.289 e. The van der Waals surface area contributed by atoms with Crippen LogP contribution in [0.15, 0.2) is 41.1 Å². The molecular weight excluding hydrogens is 308 g/mol. The predicted molar refractivity (Wildman–Crippen MR) is 76.3 cm³/mol. The Bertz CT molecular complexity index is 568. The molecule has 2 aromatic rings. The zero-order valence-electron chi connectivity index (χ0n) is 10.8. The summed E-state index contributed by atoms with van der Waals surface area (Å²) in [4.78, 5) is 16.1. The molecule has 1 heterocycles. The first kappa shape index (κ1) is 13.8. The zero-order chi connectivity index (χ0) is 13.9. The van der Waals surface area contributed by atoms with E-state index in [2.05, 4.69) is 26.2 Å². The van der Waals surface area contributed by atoms with E-state index in [9.17, 15) is 4.79 Å². The van der Waals surface area contributed by atoms with Crippen LogP contribution in [0.1, 0.15) is 28.7 Å². The van der Waals surface area contributed by atoms with Crippen LogP contribution in [0.25, 0.3) is 0 Å². The topological polar surface area (TPSA) is 55.1 Å². The van der Waals surface area contributed by atoms with Crippen molar-refractivity contribution in [2.45, 2.75) is 19.4 Å². The molecule has 0 spiro atoms. The van der Waals surface area contributed by atoms with Crippen LogP contribution in [-0.4, -0.2) is 16.2 Å². The number of hydrogen-bond donors (Lipinski definition) is 1. The van der Waals surface area contributed by atoms with E-state index in [-0.39, 0.29) is 11.7 Å². The Morgan fingerprint density at radius 2 is 2.11 bits per heavy atom. The van der Waals surface area contributed by atoms with Gasteiger partial charge in [0.15, 0.2) is 6.39 Å². The number of nitrogens with one attached hydrogen (secondary N) is 1.